The van der Waals surface area contributed by atoms with E-state index in [2.05, 4.69) is 20.6 Å². The molecule has 0 radical (unpaired) electrons. The van der Waals surface area contributed by atoms with Crippen molar-refractivity contribution < 1.29 is 9.53 Å². The predicted molar refractivity (Wildman–Crippen MR) is 138 cm³/mol. The van der Waals surface area contributed by atoms with Gasteiger partial charge in [-0.05, 0) is 84.9 Å². The Balaban J connectivity index is 1.35. The molecule has 0 saturated carbocycles. The number of imidazole rings is 1. The number of ether oxygens (including phenoxy) is 1. The van der Waals surface area contributed by atoms with Gasteiger partial charge in [0.1, 0.15) is 11.6 Å². The zero-order valence-corrected chi connectivity index (χ0v) is 19.6. The predicted octanol–water partition coefficient (Wildman–Crippen LogP) is 5.73. The molecule has 4 rings (SSSR count). The molecule has 4 aromatic rings. The molecule has 1 amide bonds. The molecule has 3 N–H and O–H groups in total. The third-order valence-corrected chi connectivity index (χ3v) is 5.57. The molecule has 0 aliphatic rings. The van der Waals surface area contributed by atoms with Crippen molar-refractivity contribution in [2.24, 2.45) is 0 Å². The van der Waals surface area contributed by atoms with Gasteiger partial charge in [0, 0.05) is 22.3 Å². The summed E-state index contributed by atoms with van der Waals surface area (Å²) in [4.78, 5) is 20.1. The highest BCUT2D eigenvalue weighted by Gasteiger charge is 2.08. The fourth-order valence-corrected chi connectivity index (χ4v) is 3.57. The molecular weight excluding hydrogens is 456 g/mol. The summed E-state index contributed by atoms with van der Waals surface area (Å²) in [6.45, 7) is 1.96. The molecule has 0 fully saturated rings. The van der Waals surface area contributed by atoms with E-state index < -0.39 is 0 Å². The average molecular weight is 477 g/mol. The Hall–Kier alpha value is -3.68. The highest BCUT2D eigenvalue weighted by molar-refractivity contribution is 7.80. The van der Waals surface area contributed by atoms with Crippen LogP contribution in [0.4, 0.5) is 5.69 Å². The summed E-state index contributed by atoms with van der Waals surface area (Å²) >= 11 is 11.4. The van der Waals surface area contributed by atoms with E-state index in [4.69, 9.17) is 28.6 Å². The number of methoxy groups -OCH3 is 1. The molecule has 0 aliphatic heterocycles. The first kappa shape index (κ1) is 22.5. The zero-order chi connectivity index (χ0) is 23.4. The minimum absolute atomic E-state index is 0.209. The van der Waals surface area contributed by atoms with Crippen LogP contribution in [0.1, 0.15) is 11.1 Å². The van der Waals surface area contributed by atoms with Crippen molar-refractivity contribution in [1.82, 2.24) is 15.3 Å². The highest BCUT2D eigenvalue weighted by atomic mass is 35.5. The van der Waals surface area contributed by atoms with Crippen molar-refractivity contribution in [2.75, 3.05) is 12.4 Å². The van der Waals surface area contributed by atoms with E-state index in [1.54, 1.807) is 13.2 Å². The van der Waals surface area contributed by atoms with Gasteiger partial charge in [-0.1, -0.05) is 23.7 Å². The van der Waals surface area contributed by atoms with Crippen LogP contribution in [0.25, 0.3) is 28.5 Å². The summed E-state index contributed by atoms with van der Waals surface area (Å²) in [5.41, 5.74) is 5.29. The minimum atomic E-state index is -0.323. The second-order valence-corrected chi connectivity index (χ2v) is 8.15. The average Bonchev–Trinajstić information content (AvgIpc) is 3.21. The molecule has 6 nitrogen and oxygen atoms in total. The van der Waals surface area contributed by atoms with Gasteiger partial charge in [0.15, 0.2) is 5.11 Å². The van der Waals surface area contributed by atoms with Crippen molar-refractivity contribution in [3.05, 3.63) is 82.9 Å². The number of hydrogen-bond acceptors (Lipinski definition) is 4. The number of thiocarbonyl (C=S) groups is 1. The van der Waals surface area contributed by atoms with Crippen LogP contribution in [-0.4, -0.2) is 28.1 Å². The van der Waals surface area contributed by atoms with Crippen LogP contribution in [-0.2, 0) is 4.79 Å². The normalized spacial score (nSPS) is 11.0. The lowest BCUT2D eigenvalue weighted by Gasteiger charge is -2.08. The quantitative estimate of drug-likeness (QED) is 0.253. The van der Waals surface area contributed by atoms with E-state index in [9.17, 15) is 4.79 Å². The number of nitrogens with zero attached hydrogens (tertiary/aromatic N) is 1. The van der Waals surface area contributed by atoms with Crippen LogP contribution in [0.3, 0.4) is 0 Å². The molecule has 0 saturated heterocycles. The van der Waals surface area contributed by atoms with Gasteiger partial charge in [0.05, 0.1) is 18.1 Å². The van der Waals surface area contributed by atoms with Crippen LogP contribution < -0.4 is 15.4 Å². The van der Waals surface area contributed by atoms with E-state index in [0.717, 1.165) is 45.0 Å². The Kier molecular flexibility index (Phi) is 6.72. The van der Waals surface area contributed by atoms with Crippen LogP contribution in [0, 0.1) is 6.92 Å². The Morgan fingerprint density at radius 3 is 2.55 bits per heavy atom. The fourth-order valence-electron chi connectivity index (χ4n) is 3.19. The standard InChI is InChI=1S/C25H21ClN4O2S/c1-15-13-21-22(14-20(15)26)29-24(28-21)17-6-8-18(9-7-17)27-25(33)30-23(31)12-5-16-3-10-19(32-2)11-4-16/h3-14H,1-2H3,(H,28,29)(H2,27,30,31,33)/b12-5+. The fraction of sp³-hybridized carbons (Fsp3) is 0.0800. The topological polar surface area (TPSA) is 79.0 Å². The first-order valence-corrected chi connectivity index (χ1v) is 10.9. The van der Waals surface area contributed by atoms with Crippen LogP contribution in [0.2, 0.25) is 5.02 Å². The first-order chi connectivity index (χ1) is 15.9. The summed E-state index contributed by atoms with van der Waals surface area (Å²) in [5.74, 6) is 1.18. The number of fused-ring (bicyclic) bond motifs is 1. The number of aryl methyl sites for hydroxylation is 1. The minimum Gasteiger partial charge on any atom is -0.497 e. The third kappa shape index (κ3) is 5.58. The van der Waals surface area contributed by atoms with Crippen molar-refractivity contribution >= 4 is 57.6 Å². The molecule has 1 aromatic heterocycles. The SMILES string of the molecule is COc1ccc(/C=C/C(=O)NC(=S)Nc2ccc(-c3nc4cc(Cl)c(C)cc4[nH]3)cc2)cc1. The van der Waals surface area contributed by atoms with Gasteiger partial charge in [-0.2, -0.15) is 0 Å². The maximum atomic E-state index is 12.1. The van der Waals surface area contributed by atoms with Crippen molar-refractivity contribution in [3.63, 3.8) is 0 Å². The number of nitrogens with one attached hydrogen (secondary N) is 3. The molecule has 1 heterocycles. The van der Waals surface area contributed by atoms with Crippen molar-refractivity contribution in [3.8, 4) is 17.1 Å². The van der Waals surface area contributed by atoms with Crippen LogP contribution in [0.15, 0.2) is 66.7 Å². The number of aromatic amines is 1. The van der Waals surface area contributed by atoms with E-state index in [0.29, 0.717) is 5.02 Å². The van der Waals surface area contributed by atoms with E-state index in [1.165, 1.54) is 6.08 Å². The number of halogens is 1. The van der Waals surface area contributed by atoms with E-state index in [1.807, 2.05) is 67.6 Å². The molecule has 0 atom stereocenters. The smallest absolute Gasteiger partial charge is 0.250 e. The number of carbonyl (C=O) groups is 1. The molecule has 0 aliphatic carbocycles. The maximum absolute atomic E-state index is 12.1. The second kappa shape index (κ2) is 9.85. The molecule has 0 bridgehead atoms. The van der Waals surface area contributed by atoms with Gasteiger partial charge in [-0.25, -0.2) is 4.98 Å². The number of amides is 1. The number of anilines is 1. The first-order valence-electron chi connectivity index (χ1n) is 10.1. The Bertz CT molecular complexity index is 1310. The van der Waals surface area contributed by atoms with Gasteiger partial charge in [-0.15, -0.1) is 0 Å². The number of aromatic nitrogens is 2. The van der Waals surface area contributed by atoms with Crippen molar-refractivity contribution in [1.29, 1.82) is 0 Å². The largest absolute Gasteiger partial charge is 0.497 e. The third-order valence-electron chi connectivity index (χ3n) is 4.96. The summed E-state index contributed by atoms with van der Waals surface area (Å²) in [6.07, 6.45) is 3.13. The summed E-state index contributed by atoms with van der Waals surface area (Å²) in [7, 11) is 1.61. The van der Waals surface area contributed by atoms with Gasteiger partial charge < -0.3 is 15.0 Å². The zero-order valence-electron chi connectivity index (χ0n) is 18.0. The molecule has 0 spiro atoms. The van der Waals surface area contributed by atoms with Crippen LogP contribution in [0.5, 0.6) is 5.75 Å². The van der Waals surface area contributed by atoms with E-state index in [-0.39, 0.29) is 11.0 Å². The highest BCUT2D eigenvalue weighted by Crippen LogP contribution is 2.26. The summed E-state index contributed by atoms with van der Waals surface area (Å²) in [5, 5.41) is 6.54. The van der Waals surface area contributed by atoms with Crippen LogP contribution >= 0.6 is 23.8 Å². The van der Waals surface area contributed by atoms with Gasteiger partial charge >= 0.3 is 0 Å². The number of H-pyrrole nitrogens is 1. The maximum Gasteiger partial charge on any atom is 0.250 e. The number of hydrogen-bond donors (Lipinski definition) is 3. The van der Waals surface area contributed by atoms with Gasteiger partial charge in [0.2, 0.25) is 5.91 Å². The molecule has 166 valence electrons. The molecule has 3 aromatic carbocycles. The lowest BCUT2D eigenvalue weighted by atomic mass is 10.2. The monoisotopic (exact) mass is 476 g/mol. The van der Waals surface area contributed by atoms with E-state index >= 15 is 0 Å². The molecule has 33 heavy (non-hydrogen) atoms. The number of benzene rings is 3. The Labute approximate surface area is 201 Å². The number of carbonyl (C=O) groups excluding carboxylic acids is 1. The summed E-state index contributed by atoms with van der Waals surface area (Å²) < 4.78 is 5.12. The lowest BCUT2D eigenvalue weighted by Crippen LogP contribution is -2.32. The molecule has 8 heteroatoms. The lowest BCUT2D eigenvalue weighted by molar-refractivity contribution is -0.115. The Morgan fingerprint density at radius 1 is 1.12 bits per heavy atom. The van der Waals surface area contributed by atoms with Crippen molar-refractivity contribution in [2.45, 2.75) is 6.92 Å². The number of rotatable bonds is 5. The molecular formula is C25H21ClN4O2S. The Morgan fingerprint density at radius 2 is 1.85 bits per heavy atom. The summed E-state index contributed by atoms with van der Waals surface area (Å²) in [6, 6.07) is 18.8. The van der Waals surface area contributed by atoms with Gasteiger partial charge in [0.25, 0.3) is 0 Å². The molecule has 0 unspecified atom stereocenters. The second-order valence-electron chi connectivity index (χ2n) is 7.33. The van der Waals surface area contributed by atoms with Gasteiger partial charge in [-0.3, -0.25) is 10.1 Å².